The Labute approximate surface area is 87.7 Å². The van der Waals surface area contributed by atoms with Crippen molar-refractivity contribution in [3.05, 3.63) is 30.1 Å². The molecule has 4 N–H and O–H groups in total. The lowest BCUT2D eigenvalue weighted by molar-refractivity contribution is -0.119. The molecule has 5 heteroatoms. The van der Waals surface area contributed by atoms with E-state index in [9.17, 15) is 9.18 Å². The number of carbonyl (C=O) groups excluding carboxylic acids is 1. The zero-order valence-corrected chi connectivity index (χ0v) is 8.48. The number of rotatable bonds is 4. The molecule has 1 aromatic rings. The van der Waals surface area contributed by atoms with E-state index in [1.54, 1.807) is 24.1 Å². The number of hydrogen-bond donors (Lipinski definition) is 2. The fourth-order valence-electron chi connectivity index (χ4n) is 1.19. The van der Waals surface area contributed by atoms with Gasteiger partial charge in [-0.15, -0.1) is 0 Å². The van der Waals surface area contributed by atoms with Crippen molar-refractivity contribution in [3.8, 4) is 0 Å². The van der Waals surface area contributed by atoms with Crippen LogP contribution >= 0.6 is 0 Å². The minimum absolute atomic E-state index is 0.300. The Kier molecular flexibility index (Phi) is 3.62. The number of halogens is 1. The SMILES string of the molecule is CN(CC(N)C(N)=O)c1ccc(F)cc1. The van der Waals surface area contributed by atoms with Crippen LogP contribution in [0.2, 0.25) is 0 Å². The predicted octanol–water partition coefficient (Wildman–Crippen LogP) is 0.0745. The molecule has 0 fully saturated rings. The highest BCUT2D eigenvalue weighted by Gasteiger charge is 2.12. The van der Waals surface area contributed by atoms with Crippen molar-refractivity contribution in [1.29, 1.82) is 0 Å². The van der Waals surface area contributed by atoms with Gasteiger partial charge in [-0.05, 0) is 24.3 Å². The van der Waals surface area contributed by atoms with E-state index < -0.39 is 11.9 Å². The summed E-state index contributed by atoms with van der Waals surface area (Å²) in [6.45, 7) is 0.307. The van der Waals surface area contributed by atoms with Gasteiger partial charge in [0.05, 0.1) is 0 Å². The first-order valence-corrected chi connectivity index (χ1v) is 4.52. The fourth-order valence-corrected chi connectivity index (χ4v) is 1.19. The Morgan fingerprint density at radius 1 is 1.47 bits per heavy atom. The Morgan fingerprint density at radius 2 is 2.00 bits per heavy atom. The van der Waals surface area contributed by atoms with Crippen LogP contribution in [-0.2, 0) is 4.79 Å². The molecule has 1 rings (SSSR count). The van der Waals surface area contributed by atoms with E-state index in [0.717, 1.165) is 5.69 Å². The van der Waals surface area contributed by atoms with Gasteiger partial charge >= 0.3 is 0 Å². The highest BCUT2D eigenvalue weighted by Crippen LogP contribution is 2.12. The monoisotopic (exact) mass is 211 g/mol. The summed E-state index contributed by atoms with van der Waals surface area (Å²) < 4.78 is 12.6. The minimum Gasteiger partial charge on any atom is -0.372 e. The largest absolute Gasteiger partial charge is 0.372 e. The molecule has 1 aromatic carbocycles. The van der Waals surface area contributed by atoms with Gasteiger partial charge in [0.2, 0.25) is 5.91 Å². The molecule has 15 heavy (non-hydrogen) atoms. The number of hydrogen-bond acceptors (Lipinski definition) is 3. The van der Waals surface area contributed by atoms with E-state index in [1.807, 2.05) is 0 Å². The molecule has 1 atom stereocenters. The molecule has 0 saturated heterocycles. The van der Waals surface area contributed by atoms with Crippen molar-refractivity contribution < 1.29 is 9.18 Å². The second-order valence-electron chi connectivity index (χ2n) is 3.37. The highest BCUT2D eigenvalue weighted by molar-refractivity contribution is 5.80. The van der Waals surface area contributed by atoms with Gasteiger partial charge in [-0.25, -0.2) is 4.39 Å². The average molecular weight is 211 g/mol. The summed E-state index contributed by atoms with van der Waals surface area (Å²) in [5, 5.41) is 0. The van der Waals surface area contributed by atoms with E-state index >= 15 is 0 Å². The molecule has 0 saturated carbocycles. The zero-order chi connectivity index (χ0) is 11.4. The molecule has 0 aliphatic heterocycles. The maximum Gasteiger partial charge on any atom is 0.236 e. The fraction of sp³-hybridized carbons (Fsp3) is 0.300. The molecule has 1 amide bonds. The van der Waals surface area contributed by atoms with Crippen LogP contribution in [0.25, 0.3) is 0 Å². The first kappa shape index (κ1) is 11.5. The second-order valence-corrected chi connectivity index (χ2v) is 3.37. The zero-order valence-electron chi connectivity index (χ0n) is 8.48. The normalized spacial score (nSPS) is 12.2. The molecule has 0 heterocycles. The summed E-state index contributed by atoms with van der Waals surface area (Å²) in [5.41, 5.74) is 11.3. The van der Waals surface area contributed by atoms with Crippen molar-refractivity contribution in [3.63, 3.8) is 0 Å². The topological polar surface area (TPSA) is 72.3 Å². The first-order valence-electron chi connectivity index (χ1n) is 4.52. The van der Waals surface area contributed by atoms with Crippen molar-refractivity contribution in [1.82, 2.24) is 0 Å². The van der Waals surface area contributed by atoms with Gasteiger partial charge in [-0.1, -0.05) is 0 Å². The maximum absolute atomic E-state index is 12.6. The number of amides is 1. The Morgan fingerprint density at radius 3 is 2.47 bits per heavy atom. The first-order chi connectivity index (χ1) is 7.00. The summed E-state index contributed by atoms with van der Waals surface area (Å²) in [4.78, 5) is 12.5. The number of anilines is 1. The highest BCUT2D eigenvalue weighted by atomic mass is 19.1. The summed E-state index contributed by atoms with van der Waals surface area (Å²) in [7, 11) is 1.76. The molecule has 0 spiro atoms. The average Bonchev–Trinajstić information content (AvgIpc) is 2.18. The van der Waals surface area contributed by atoms with Crippen LogP contribution in [0.4, 0.5) is 10.1 Å². The van der Waals surface area contributed by atoms with Crippen LogP contribution in [-0.4, -0.2) is 25.5 Å². The van der Waals surface area contributed by atoms with E-state index in [0.29, 0.717) is 6.54 Å². The number of nitrogens with zero attached hydrogens (tertiary/aromatic N) is 1. The summed E-state index contributed by atoms with van der Waals surface area (Å²) in [6.07, 6.45) is 0. The minimum atomic E-state index is -0.722. The molecule has 0 bridgehead atoms. The number of carbonyl (C=O) groups is 1. The van der Waals surface area contributed by atoms with E-state index in [-0.39, 0.29) is 5.82 Å². The van der Waals surface area contributed by atoms with Crippen LogP contribution in [0.1, 0.15) is 0 Å². The van der Waals surface area contributed by atoms with Gasteiger partial charge in [0, 0.05) is 19.3 Å². The number of nitrogens with two attached hydrogens (primary N) is 2. The third kappa shape index (κ3) is 3.21. The van der Waals surface area contributed by atoms with Gasteiger partial charge in [0.1, 0.15) is 11.9 Å². The molecular weight excluding hydrogens is 197 g/mol. The quantitative estimate of drug-likeness (QED) is 0.740. The van der Waals surface area contributed by atoms with Crippen LogP contribution in [0.15, 0.2) is 24.3 Å². The van der Waals surface area contributed by atoms with Gasteiger partial charge in [0.15, 0.2) is 0 Å². The van der Waals surface area contributed by atoms with Gasteiger partial charge < -0.3 is 16.4 Å². The molecule has 0 aliphatic carbocycles. The van der Waals surface area contributed by atoms with E-state index in [4.69, 9.17) is 11.5 Å². The molecule has 0 aromatic heterocycles. The molecule has 1 unspecified atom stereocenters. The lowest BCUT2D eigenvalue weighted by atomic mass is 10.2. The van der Waals surface area contributed by atoms with Crippen LogP contribution in [0, 0.1) is 5.82 Å². The maximum atomic E-state index is 12.6. The van der Waals surface area contributed by atoms with Gasteiger partial charge in [-0.3, -0.25) is 4.79 Å². The van der Waals surface area contributed by atoms with Crippen molar-refractivity contribution in [2.24, 2.45) is 11.5 Å². The van der Waals surface area contributed by atoms with Crippen molar-refractivity contribution in [2.45, 2.75) is 6.04 Å². The Balaban J connectivity index is 2.64. The van der Waals surface area contributed by atoms with Crippen LogP contribution < -0.4 is 16.4 Å². The van der Waals surface area contributed by atoms with Gasteiger partial charge in [0.25, 0.3) is 0 Å². The third-order valence-electron chi connectivity index (χ3n) is 2.10. The van der Waals surface area contributed by atoms with E-state index in [1.165, 1.54) is 12.1 Å². The lowest BCUT2D eigenvalue weighted by Crippen LogP contribution is -2.44. The second kappa shape index (κ2) is 4.75. The Hall–Kier alpha value is -1.62. The standard InChI is InChI=1S/C10H14FN3O/c1-14(6-9(12)10(13)15)8-4-2-7(11)3-5-8/h2-5,9H,6,12H2,1H3,(H2,13,15). The molecule has 0 radical (unpaired) electrons. The molecular formula is C10H14FN3O. The third-order valence-corrected chi connectivity index (χ3v) is 2.10. The van der Waals surface area contributed by atoms with Crippen LogP contribution in [0.3, 0.4) is 0 Å². The summed E-state index contributed by atoms with van der Waals surface area (Å²) in [6, 6.07) is 5.20. The van der Waals surface area contributed by atoms with Crippen LogP contribution in [0.5, 0.6) is 0 Å². The molecule has 82 valence electrons. The lowest BCUT2D eigenvalue weighted by Gasteiger charge is -2.21. The van der Waals surface area contributed by atoms with E-state index in [2.05, 4.69) is 0 Å². The molecule has 0 aliphatic rings. The number of primary amides is 1. The van der Waals surface area contributed by atoms with Gasteiger partial charge in [-0.2, -0.15) is 0 Å². The number of benzene rings is 1. The molecule has 4 nitrogen and oxygen atoms in total. The predicted molar refractivity (Wildman–Crippen MR) is 56.8 cm³/mol. The Bertz CT molecular complexity index is 339. The summed E-state index contributed by atoms with van der Waals surface area (Å²) in [5.74, 6) is -0.852. The number of likely N-dealkylation sites (N-methyl/N-ethyl adjacent to an activating group) is 1. The summed E-state index contributed by atoms with van der Waals surface area (Å²) >= 11 is 0. The smallest absolute Gasteiger partial charge is 0.236 e. The van der Waals surface area contributed by atoms with Crippen molar-refractivity contribution in [2.75, 3.05) is 18.5 Å². The van der Waals surface area contributed by atoms with Crippen molar-refractivity contribution >= 4 is 11.6 Å².